The first-order valence-electron chi connectivity index (χ1n) is 9.39. The summed E-state index contributed by atoms with van der Waals surface area (Å²) in [5.41, 5.74) is 5.36. The topological polar surface area (TPSA) is 66.6 Å². The van der Waals surface area contributed by atoms with Gasteiger partial charge in [-0.15, -0.1) is 0 Å². The van der Waals surface area contributed by atoms with Gasteiger partial charge in [-0.3, -0.25) is 9.59 Å². The lowest BCUT2D eigenvalue weighted by molar-refractivity contribution is -0.143. The third-order valence-corrected chi connectivity index (χ3v) is 6.26. The van der Waals surface area contributed by atoms with Crippen molar-refractivity contribution in [3.63, 3.8) is 0 Å². The van der Waals surface area contributed by atoms with Crippen LogP contribution in [0.3, 0.4) is 0 Å². The minimum absolute atomic E-state index is 0.204. The highest BCUT2D eigenvalue weighted by Gasteiger charge is 2.43. The summed E-state index contributed by atoms with van der Waals surface area (Å²) < 4.78 is 0. The number of nitrogens with zero attached hydrogens (tertiary/aromatic N) is 2. The Balaban J connectivity index is 1.50. The molecule has 2 aliphatic heterocycles. The van der Waals surface area contributed by atoms with Crippen molar-refractivity contribution in [3.8, 4) is 0 Å². The van der Waals surface area contributed by atoms with Crippen LogP contribution in [0.25, 0.3) is 0 Å². The Bertz CT molecular complexity index is 448. The van der Waals surface area contributed by atoms with Gasteiger partial charge < -0.3 is 15.5 Å². The van der Waals surface area contributed by atoms with Gasteiger partial charge in [-0.05, 0) is 44.7 Å². The maximum atomic E-state index is 11.8. The molecule has 130 valence electrons. The Morgan fingerprint density at radius 1 is 1.00 bits per heavy atom. The van der Waals surface area contributed by atoms with Gasteiger partial charge in [0.15, 0.2) is 0 Å². The molecule has 0 aromatic heterocycles. The second-order valence-electron chi connectivity index (χ2n) is 8.01. The zero-order valence-corrected chi connectivity index (χ0v) is 14.3. The van der Waals surface area contributed by atoms with Crippen LogP contribution < -0.4 is 5.73 Å². The normalized spacial score (nSPS) is 30.0. The van der Waals surface area contributed by atoms with Crippen molar-refractivity contribution in [2.24, 2.45) is 17.1 Å². The van der Waals surface area contributed by atoms with Crippen LogP contribution in [0, 0.1) is 11.3 Å². The van der Waals surface area contributed by atoms with Crippen LogP contribution in [-0.4, -0.2) is 54.3 Å². The maximum Gasteiger partial charge on any atom is 0.311 e. The molecule has 2 N–H and O–H groups in total. The molecular weight excluding hydrogens is 290 g/mol. The molecule has 1 aliphatic carbocycles. The number of primary amides is 1. The minimum Gasteiger partial charge on any atom is -0.361 e. The van der Waals surface area contributed by atoms with Crippen molar-refractivity contribution in [3.05, 3.63) is 0 Å². The van der Waals surface area contributed by atoms with Gasteiger partial charge in [0.05, 0.1) is 0 Å². The summed E-state index contributed by atoms with van der Waals surface area (Å²) >= 11 is 0. The Labute approximate surface area is 139 Å². The molecule has 0 radical (unpaired) electrons. The Hall–Kier alpha value is -1.10. The number of carbonyl (C=O) groups is 2. The maximum absolute atomic E-state index is 11.8. The third-order valence-electron chi connectivity index (χ3n) is 6.26. The van der Waals surface area contributed by atoms with E-state index in [1.54, 1.807) is 4.90 Å². The highest BCUT2D eigenvalue weighted by Crippen LogP contribution is 2.39. The lowest BCUT2D eigenvalue weighted by atomic mass is 9.79. The lowest BCUT2D eigenvalue weighted by Crippen LogP contribution is -2.47. The first kappa shape index (κ1) is 16.7. The van der Waals surface area contributed by atoms with Gasteiger partial charge in [0.25, 0.3) is 0 Å². The zero-order chi connectivity index (χ0) is 16.3. The van der Waals surface area contributed by atoms with E-state index in [1.807, 2.05) is 0 Å². The fraction of sp³-hybridized carbons (Fsp3) is 0.889. The number of carbonyl (C=O) groups excluding carboxylic acids is 2. The van der Waals surface area contributed by atoms with Crippen molar-refractivity contribution >= 4 is 11.8 Å². The summed E-state index contributed by atoms with van der Waals surface area (Å²) in [6.07, 6.45) is 11.8. The van der Waals surface area contributed by atoms with Crippen molar-refractivity contribution in [1.29, 1.82) is 0 Å². The fourth-order valence-electron chi connectivity index (χ4n) is 4.94. The second-order valence-corrected chi connectivity index (χ2v) is 8.01. The summed E-state index contributed by atoms with van der Waals surface area (Å²) in [6, 6.07) is 0. The Kier molecular flexibility index (Phi) is 5.24. The molecule has 23 heavy (non-hydrogen) atoms. The molecule has 1 unspecified atom stereocenters. The molecule has 5 nitrogen and oxygen atoms in total. The molecule has 1 spiro atoms. The third kappa shape index (κ3) is 4.06. The largest absolute Gasteiger partial charge is 0.361 e. The zero-order valence-electron chi connectivity index (χ0n) is 14.3. The molecule has 0 aromatic carbocycles. The van der Waals surface area contributed by atoms with E-state index in [4.69, 9.17) is 5.73 Å². The molecule has 5 heteroatoms. The number of hydrogen-bond donors (Lipinski definition) is 1. The average molecular weight is 321 g/mol. The van der Waals surface area contributed by atoms with Gasteiger partial charge in [-0.1, -0.05) is 32.1 Å². The highest BCUT2D eigenvalue weighted by atomic mass is 16.2. The fourth-order valence-corrected chi connectivity index (χ4v) is 4.94. The van der Waals surface area contributed by atoms with Crippen LogP contribution in [0.1, 0.15) is 57.8 Å². The number of piperidine rings is 1. The molecular formula is C18H31N3O2. The van der Waals surface area contributed by atoms with Crippen LogP contribution in [0.4, 0.5) is 0 Å². The Morgan fingerprint density at radius 3 is 2.52 bits per heavy atom. The van der Waals surface area contributed by atoms with E-state index in [9.17, 15) is 9.59 Å². The van der Waals surface area contributed by atoms with E-state index < -0.39 is 11.8 Å². The van der Waals surface area contributed by atoms with Gasteiger partial charge in [0, 0.05) is 25.0 Å². The van der Waals surface area contributed by atoms with Crippen LogP contribution in [-0.2, 0) is 9.59 Å². The van der Waals surface area contributed by atoms with E-state index in [0.29, 0.717) is 13.1 Å². The summed E-state index contributed by atoms with van der Waals surface area (Å²) in [5, 5.41) is 0. The van der Waals surface area contributed by atoms with Crippen LogP contribution in [0.5, 0.6) is 0 Å². The van der Waals surface area contributed by atoms with Gasteiger partial charge in [-0.25, -0.2) is 0 Å². The molecule has 3 aliphatic rings. The smallest absolute Gasteiger partial charge is 0.311 e. The summed E-state index contributed by atoms with van der Waals surface area (Å²) in [7, 11) is 0. The van der Waals surface area contributed by atoms with Gasteiger partial charge in [0.1, 0.15) is 0 Å². The van der Waals surface area contributed by atoms with E-state index in [2.05, 4.69) is 4.90 Å². The SMILES string of the molecule is NC(=O)C(=O)N1CCC2(CCCN(CCC3CCCCC3)C2)C1. The van der Waals surface area contributed by atoms with Gasteiger partial charge in [-0.2, -0.15) is 0 Å². The number of amides is 2. The van der Waals surface area contributed by atoms with Crippen molar-refractivity contribution < 1.29 is 9.59 Å². The van der Waals surface area contributed by atoms with Crippen molar-refractivity contribution in [2.45, 2.75) is 57.8 Å². The molecule has 2 heterocycles. The molecule has 2 amide bonds. The standard InChI is InChI=1S/C18H31N3O2/c19-16(22)17(23)21-12-9-18(14-21)8-4-10-20(13-18)11-7-15-5-2-1-3-6-15/h15H,1-14H2,(H2,19,22). The van der Waals surface area contributed by atoms with Crippen LogP contribution >= 0.6 is 0 Å². The number of nitrogens with two attached hydrogens (primary N) is 1. The van der Waals surface area contributed by atoms with Crippen LogP contribution in [0.2, 0.25) is 0 Å². The Morgan fingerprint density at radius 2 is 1.78 bits per heavy atom. The highest BCUT2D eigenvalue weighted by molar-refractivity contribution is 6.34. The summed E-state index contributed by atoms with van der Waals surface area (Å²) in [6.45, 7) is 4.89. The molecule has 0 bridgehead atoms. The molecule has 3 rings (SSSR count). The van der Waals surface area contributed by atoms with Gasteiger partial charge in [0.2, 0.25) is 0 Å². The molecule has 2 saturated heterocycles. The predicted octanol–water partition coefficient (Wildman–Crippen LogP) is 1.76. The molecule has 1 atom stereocenters. The van der Waals surface area contributed by atoms with E-state index in [-0.39, 0.29) is 5.41 Å². The number of likely N-dealkylation sites (tertiary alicyclic amines) is 2. The number of hydrogen-bond acceptors (Lipinski definition) is 3. The molecule has 0 aromatic rings. The second kappa shape index (κ2) is 7.20. The molecule has 1 saturated carbocycles. The predicted molar refractivity (Wildman–Crippen MR) is 89.7 cm³/mol. The van der Waals surface area contributed by atoms with E-state index in [0.717, 1.165) is 18.9 Å². The van der Waals surface area contributed by atoms with Crippen molar-refractivity contribution in [2.75, 3.05) is 32.7 Å². The van der Waals surface area contributed by atoms with Crippen LogP contribution in [0.15, 0.2) is 0 Å². The first-order valence-corrected chi connectivity index (χ1v) is 9.39. The quantitative estimate of drug-likeness (QED) is 0.806. The monoisotopic (exact) mass is 321 g/mol. The van der Waals surface area contributed by atoms with Crippen molar-refractivity contribution in [1.82, 2.24) is 9.80 Å². The van der Waals surface area contributed by atoms with E-state index >= 15 is 0 Å². The minimum atomic E-state index is -0.813. The first-order chi connectivity index (χ1) is 11.1. The lowest BCUT2D eigenvalue weighted by Gasteiger charge is -2.41. The van der Waals surface area contributed by atoms with Gasteiger partial charge >= 0.3 is 11.8 Å². The summed E-state index contributed by atoms with van der Waals surface area (Å²) in [5.74, 6) is -0.383. The van der Waals surface area contributed by atoms with E-state index in [1.165, 1.54) is 64.5 Å². The average Bonchev–Trinajstić information content (AvgIpc) is 2.96. The molecule has 3 fully saturated rings. The summed E-state index contributed by atoms with van der Waals surface area (Å²) in [4.78, 5) is 27.2. The number of rotatable bonds is 3.